The normalized spacial score (nSPS) is 18.1. The van der Waals surface area contributed by atoms with E-state index in [0.717, 1.165) is 25.9 Å². The van der Waals surface area contributed by atoms with Crippen molar-refractivity contribution < 1.29 is 14.3 Å². The zero-order chi connectivity index (χ0) is 19.5. The first-order valence-electron chi connectivity index (χ1n) is 9.50. The molecule has 0 aromatic heterocycles. The fourth-order valence-corrected chi connectivity index (χ4v) is 3.67. The van der Waals surface area contributed by atoms with Gasteiger partial charge in [-0.25, -0.2) is 0 Å². The lowest BCUT2D eigenvalue weighted by molar-refractivity contribution is -0.115. The van der Waals surface area contributed by atoms with E-state index in [-0.39, 0.29) is 17.6 Å². The Morgan fingerprint density at radius 1 is 1.07 bits per heavy atom. The summed E-state index contributed by atoms with van der Waals surface area (Å²) >= 11 is 6.16. The number of likely N-dealkylation sites (tertiary alicyclic amines) is 1. The van der Waals surface area contributed by atoms with Crippen LogP contribution in [0.25, 0.3) is 6.08 Å². The lowest BCUT2D eigenvalue weighted by Crippen LogP contribution is -2.32. The van der Waals surface area contributed by atoms with Crippen LogP contribution in [-0.2, 0) is 4.79 Å². The summed E-state index contributed by atoms with van der Waals surface area (Å²) in [5, 5.41) is 3.35. The summed E-state index contributed by atoms with van der Waals surface area (Å²) in [4.78, 5) is 27.2. The molecule has 1 saturated heterocycles. The monoisotopic (exact) mass is 396 g/mol. The van der Waals surface area contributed by atoms with E-state index >= 15 is 0 Å². The van der Waals surface area contributed by atoms with Crippen LogP contribution < -0.4 is 10.1 Å². The Morgan fingerprint density at radius 2 is 1.82 bits per heavy atom. The topological polar surface area (TPSA) is 58.6 Å². The fraction of sp³-hybridized carbons (Fsp3) is 0.273. The Bertz CT molecular complexity index is 947. The third-order valence-electron chi connectivity index (χ3n) is 5.00. The highest BCUT2D eigenvalue weighted by Crippen LogP contribution is 2.33. The molecule has 0 bridgehead atoms. The highest BCUT2D eigenvalue weighted by molar-refractivity contribution is 6.32. The number of fused-ring (bicyclic) bond motifs is 1. The van der Waals surface area contributed by atoms with Crippen LogP contribution in [0.3, 0.4) is 0 Å². The first-order valence-corrected chi connectivity index (χ1v) is 9.88. The van der Waals surface area contributed by atoms with Crippen LogP contribution in [0.5, 0.6) is 5.75 Å². The molecule has 0 saturated carbocycles. The fourth-order valence-electron chi connectivity index (χ4n) is 3.48. The lowest BCUT2D eigenvalue weighted by atomic mass is 10.1. The first kappa shape index (κ1) is 18.6. The molecule has 1 fully saturated rings. The lowest BCUT2D eigenvalue weighted by Gasteiger charge is -2.23. The van der Waals surface area contributed by atoms with Crippen LogP contribution in [0.1, 0.15) is 41.6 Å². The summed E-state index contributed by atoms with van der Waals surface area (Å²) in [5.41, 5.74) is 1.76. The maximum absolute atomic E-state index is 12.8. The van der Waals surface area contributed by atoms with E-state index in [1.54, 1.807) is 30.3 Å². The van der Waals surface area contributed by atoms with E-state index in [1.165, 1.54) is 12.8 Å². The van der Waals surface area contributed by atoms with Gasteiger partial charge in [0, 0.05) is 23.7 Å². The maximum atomic E-state index is 12.8. The van der Waals surface area contributed by atoms with Crippen LogP contribution in [0.4, 0.5) is 5.69 Å². The van der Waals surface area contributed by atoms with Crippen molar-refractivity contribution in [2.24, 2.45) is 0 Å². The molecule has 6 heteroatoms. The zero-order valence-electron chi connectivity index (χ0n) is 15.4. The van der Waals surface area contributed by atoms with E-state index in [9.17, 15) is 9.59 Å². The van der Waals surface area contributed by atoms with Gasteiger partial charge in [0.25, 0.3) is 11.8 Å². The molecule has 0 unspecified atom stereocenters. The quantitative estimate of drug-likeness (QED) is 0.746. The van der Waals surface area contributed by atoms with Crippen LogP contribution in [0, 0.1) is 0 Å². The molecule has 0 radical (unpaired) electrons. The van der Waals surface area contributed by atoms with Crippen molar-refractivity contribution in [2.45, 2.75) is 25.7 Å². The van der Waals surface area contributed by atoms with E-state index < -0.39 is 0 Å². The molecule has 0 spiro atoms. The number of hydrogen-bond donors (Lipinski definition) is 1. The Balaban J connectivity index is 1.57. The van der Waals surface area contributed by atoms with Gasteiger partial charge in [-0.1, -0.05) is 42.6 Å². The molecule has 2 aliphatic heterocycles. The van der Waals surface area contributed by atoms with Crippen LogP contribution in [-0.4, -0.2) is 29.8 Å². The first-order chi connectivity index (χ1) is 13.6. The third kappa shape index (κ3) is 3.90. The van der Waals surface area contributed by atoms with Gasteiger partial charge in [-0.05, 0) is 48.7 Å². The predicted molar refractivity (Wildman–Crippen MR) is 110 cm³/mol. The number of benzene rings is 2. The molecular formula is C22H21ClN2O3. The molecule has 2 heterocycles. The van der Waals surface area contributed by atoms with Crippen LogP contribution >= 0.6 is 11.6 Å². The molecule has 0 atom stereocenters. The number of carbonyl (C=O) groups is 2. The van der Waals surface area contributed by atoms with E-state index in [4.69, 9.17) is 16.3 Å². The van der Waals surface area contributed by atoms with Crippen molar-refractivity contribution in [1.82, 2.24) is 4.90 Å². The van der Waals surface area contributed by atoms with Gasteiger partial charge in [-0.2, -0.15) is 0 Å². The number of nitrogens with one attached hydrogen (secondary N) is 1. The van der Waals surface area contributed by atoms with Crippen molar-refractivity contribution in [1.29, 1.82) is 0 Å². The van der Waals surface area contributed by atoms with Gasteiger partial charge in [0.15, 0.2) is 11.5 Å². The van der Waals surface area contributed by atoms with Gasteiger partial charge in [0.2, 0.25) is 0 Å². The van der Waals surface area contributed by atoms with Crippen LogP contribution in [0.15, 0.2) is 48.2 Å². The molecule has 0 aliphatic carbocycles. The Kier molecular flexibility index (Phi) is 5.35. The molecule has 28 heavy (non-hydrogen) atoms. The predicted octanol–water partition coefficient (Wildman–Crippen LogP) is 4.73. The van der Waals surface area contributed by atoms with Crippen molar-refractivity contribution in [3.05, 3.63) is 64.4 Å². The number of ether oxygens (including phenoxy) is 1. The van der Waals surface area contributed by atoms with E-state index in [2.05, 4.69) is 5.32 Å². The average molecular weight is 397 g/mol. The molecule has 5 nitrogen and oxygen atoms in total. The second-order valence-electron chi connectivity index (χ2n) is 7.00. The number of nitrogens with zero attached hydrogens (tertiary/aromatic N) is 1. The Hall–Kier alpha value is -2.79. The summed E-state index contributed by atoms with van der Waals surface area (Å²) in [5.74, 6) is 0.292. The van der Waals surface area contributed by atoms with Crippen molar-refractivity contribution >= 4 is 35.2 Å². The van der Waals surface area contributed by atoms with E-state index in [1.807, 2.05) is 23.1 Å². The van der Waals surface area contributed by atoms with Crippen molar-refractivity contribution in [3.63, 3.8) is 0 Å². The summed E-state index contributed by atoms with van der Waals surface area (Å²) in [7, 11) is 0. The second-order valence-corrected chi connectivity index (χ2v) is 7.41. The maximum Gasteiger partial charge on any atom is 0.291 e. The van der Waals surface area contributed by atoms with Gasteiger partial charge < -0.3 is 15.0 Å². The average Bonchev–Trinajstić information content (AvgIpc) is 2.99. The molecule has 4 rings (SSSR count). The molecule has 2 aromatic carbocycles. The minimum absolute atomic E-state index is 0.00337. The molecule has 2 amide bonds. The standard InChI is InChI=1S/C22H21ClN2O3/c23-17-8-4-3-7-15(17)14-20-21(26)24-18-13-16(9-10-19(18)28-20)22(27)25-11-5-1-2-6-12-25/h3-4,7-10,13-14H,1-2,5-6,11-12H2,(H,24,26). The summed E-state index contributed by atoms with van der Waals surface area (Å²) in [6.07, 6.45) is 6.01. The molecule has 2 aliphatic rings. The Labute approximate surface area is 168 Å². The van der Waals surface area contributed by atoms with Gasteiger partial charge in [-0.3, -0.25) is 9.59 Å². The van der Waals surface area contributed by atoms with Gasteiger partial charge in [0.1, 0.15) is 0 Å². The van der Waals surface area contributed by atoms with Gasteiger partial charge >= 0.3 is 0 Å². The smallest absolute Gasteiger partial charge is 0.291 e. The van der Waals surface area contributed by atoms with Crippen molar-refractivity contribution in [3.8, 4) is 5.75 Å². The van der Waals surface area contributed by atoms with E-state index in [0.29, 0.717) is 27.6 Å². The number of rotatable bonds is 2. The SMILES string of the molecule is O=C1Nc2cc(C(=O)N3CCCCCC3)ccc2OC1=Cc1ccccc1Cl. The largest absolute Gasteiger partial charge is 0.449 e. The summed E-state index contributed by atoms with van der Waals surface area (Å²) < 4.78 is 5.77. The summed E-state index contributed by atoms with van der Waals surface area (Å²) in [6.45, 7) is 1.56. The zero-order valence-corrected chi connectivity index (χ0v) is 16.2. The molecule has 144 valence electrons. The van der Waals surface area contributed by atoms with Gasteiger partial charge in [-0.15, -0.1) is 0 Å². The number of halogens is 1. The third-order valence-corrected chi connectivity index (χ3v) is 5.35. The highest BCUT2D eigenvalue weighted by atomic mass is 35.5. The number of amides is 2. The van der Waals surface area contributed by atoms with Crippen LogP contribution in [0.2, 0.25) is 5.02 Å². The molecule has 1 N–H and O–H groups in total. The minimum Gasteiger partial charge on any atom is -0.449 e. The second kappa shape index (κ2) is 8.07. The van der Waals surface area contributed by atoms with Crippen molar-refractivity contribution in [2.75, 3.05) is 18.4 Å². The Morgan fingerprint density at radius 3 is 2.57 bits per heavy atom. The molecule has 2 aromatic rings. The summed E-state index contributed by atoms with van der Waals surface area (Å²) in [6, 6.07) is 12.4. The van der Waals surface area contributed by atoms with Gasteiger partial charge in [0.05, 0.1) is 5.69 Å². The molecular weight excluding hydrogens is 376 g/mol. The number of carbonyl (C=O) groups excluding carboxylic acids is 2. The minimum atomic E-state index is -0.369. The number of hydrogen-bond acceptors (Lipinski definition) is 3. The number of anilines is 1. The highest BCUT2D eigenvalue weighted by Gasteiger charge is 2.25.